The van der Waals surface area contributed by atoms with Crippen LogP contribution in [0.2, 0.25) is 5.02 Å². The van der Waals surface area contributed by atoms with Crippen LogP contribution in [0.4, 0.5) is 5.69 Å². The Kier molecular flexibility index (Phi) is 6.77. The zero-order valence-electron chi connectivity index (χ0n) is 21.2. The molecule has 2 N–H and O–H groups in total. The molecular weight excluding hydrogens is 544 g/mol. The number of benzene rings is 3. The van der Waals surface area contributed by atoms with Gasteiger partial charge in [-0.05, 0) is 80.3 Å². The Balaban J connectivity index is 1.55. The van der Waals surface area contributed by atoms with Crippen molar-refractivity contribution in [2.24, 2.45) is 0 Å². The van der Waals surface area contributed by atoms with Crippen LogP contribution < -0.4 is 14.4 Å². The highest BCUT2D eigenvalue weighted by Gasteiger charge is 2.45. The molecule has 1 aliphatic heterocycles. The van der Waals surface area contributed by atoms with E-state index in [0.717, 1.165) is 21.4 Å². The molecule has 2 heterocycles. The first-order chi connectivity index (χ1) is 17.9. The summed E-state index contributed by atoms with van der Waals surface area (Å²) in [5.41, 5.74) is 0.923. The van der Waals surface area contributed by atoms with E-state index in [4.69, 9.17) is 16.3 Å². The molecular formula is C28H27ClN2O5S2. The van der Waals surface area contributed by atoms with Gasteiger partial charge in [-0.25, -0.2) is 13.1 Å². The molecule has 1 aromatic heterocycles. The fourth-order valence-corrected chi connectivity index (χ4v) is 7.83. The summed E-state index contributed by atoms with van der Waals surface area (Å²) >= 11 is 7.28. The van der Waals surface area contributed by atoms with Crippen LogP contribution in [0.25, 0.3) is 10.1 Å². The number of carbonyl (C=O) groups excluding carboxylic acids is 1. The van der Waals surface area contributed by atoms with E-state index in [1.165, 1.54) is 4.90 Å². The van der Waals surface area contributed by atoms with Crippen LogP contribution in [0.1, 0.15) is 41.4 Å². The van der Waals surface area contributed by atoms with E-state index in [1.807, 2.05) is 30.3 Å². The van der Waals surface area contributed by atoms with E-state index in [1.54, 1.807) is 64.2 Å². The third kappa shape index (κ3) is 4.69. The van der Waals surface area contributed by atoms with E-state index in [9.17, 15) is 18.3 Å². The lowest BCUT2D eigenvalue weighted by atomic mass is 9.86. The summed E-state index contributed by atoms with van der Waals surface area (Å²) in [4.78, 5) is 14.8. The molecule has 2 unspecified atom stereocenters. The number of thiophene rings is 1. The average Bonchev–Trinajstić information content (AvgIpc) is 3.22. The molecule has 1 aliphatic rings. The number of para-hydroxylation sites is 1. The van der Waals surface area contributed by atoms with Crippen molar-refractivity contribution in [3.63, 3.8) is 0 Å². The van der Waals surface area contributed by atoms with Gasteiger partial charge in [0, 0.05) is 33.6 Å². The average molecular weight is 571 g/mol. The number of aryl methyl sites for hydroxylation is 1. The second-order valence-corrected chi connectivity index (χ2v) is 13.3. The summed E-state index contributed by atoms with van der Waals surface area (Å²) in [7, 11) is -2.40. The van der Waals surface area contributed by atoms with E-state index >= 15 is 0 Å². The molecule has 38 heavy (non-hydrogen) atoms. The third-order valence-corrected chi connectivity index (χ3v) is 10.4. The van der Waals surface area contributed by atoms with Gasteiger partial charge in [-0.3, -0.25) is 4.79 Å². The fourth-order valence-electron chi connectivity index (χ4n) is 4.67. The number of aliphatic hydroxyl groups is 1. The molecule has 0 bridgehead atoms. The first-order valence-corrected chi connectivity index (χ1v) is 14.6. The van der Waals surface area contributed by atoms with Crippen molar-refractivity contribution in [3.05, 3.63) is 88.4 Å². The molecule has 0 saturated heterocycles. The minimum Gasteiger partial charge on any atom is -0.485 e. The number of fused-ring (bicyclic) bond motifs is 2. The maximum Gasteiger partial charge on any atom is 0.258 e. The number of nitrogens with one attached hydrogen (secondary N) is 1. The highest BCUT2D eigenvalue weighted by molar-refractivity contribution is 7.91. The number of anilines is 1. The summed E-state index contributed by atoms with van der Waals surface area (Å²) in [6.07, 6.45) is -1.23. The summed E-state index contributed by atoms with van der Waals surface area (Å²) in [5, 5.41) is 12.5. The Morgan fingerprint density at radius 1 is 1.11 bits per heavy atom. The van der Waals surface area contributed by atoms with Crippen molar-refractivity contribution in [3.8, 4) is 5.75 Å². The van der Waals surface area contributed by atoms with E-state index in [2.05, 4.69) is 4.72 Å². The standard InChI is InChI=1S/C28H27ClN2O5S2/c1-16-20-15-18(29)11-13-23(20)37-27(16)38(34,35)30-24-21-14-17(10-12-22(21)36-28(2,3)25(24)32)26(33)31(4)19-8-6-5-7-9-19/h5-15,24-25,30,32H,1-4H3. The second-order valence-electron chi connectivity index (χ2n) is 9.86. The predicted molar refractivity (Wildman–Crippen MR) is 151 cm³/mol. The largest absolute Gasteiger partial charge is 0.485 e. The van der Waals surface area contributed by atoms with Gasteiger partial charge in [0.1, 0.15) is 21.7 Å². The van der Waals surface area contributed by atoms with Gasteiger partial charge in [-0.2, -0.15) is 0 Å². The predicted octanol–water partition coefficient (Wildman–Crippen LogP) is 5.69. The molecule has 7 nitrogen and oxygen atoms in total. The highest BCUT2D eigenvalue weighted by atomic mass is 35.5. The molecule has 2 atom stereocenters. The van der Waals surface area contributed by atoms with Crippen molar-refractivity contribution < 1.29 is 23.1 Å². The number of nitrogens with zero attached hydrogens (tertiary/aromatic N) is 1. The number of ether oxygens (including phenoxy) is 1. The number of hydrogen-bond donors (Lipinski definition) is 2. The molecule has 4 aromatic rings. The number of halogens is 1. The zero-order valence-corrected chi connectivity index (χ0v) is 23.6. The van der Waals surface area contributed by atoms with Crippen LogP contribution in [0.3, 0.4) is 0 Å². The minimum absolute atomic E-state index is 0.142. The van der Waals surface area contributed by atoms with Gasteiger partial charge in [-0.15, -0.1) is 11.3 Å². The highest BCUT2D eigenvalue weighted by Crippen LogP contribution is 2.42. The van der Waals surface area contributed by atoms with Gasteiger partial charge in [0.15, 0.2) is 0 Å². The number of amides is 1. The Bertz CT molecular complexity index is 1650. The van der Waals surface area contributed by atoms with Crippen molar-refractivity contribution in [1.29, 1.82) is 0 Å². The van der Waals surface area contributed by atoms with Crippen molar-refractivity contribution in [1.82, 2.24) is 4.72 Å². The van der Waals surface area contributed by atoms with Crippen molar-refractivity contribution >= 4 is 54.6 Å². The van der Waals surface area contributed by atoms with E-state index in [0.29, 0.717) is 33.1 Å². The summed E-state index contributed by atoms with van der Waals surface area (Å²) in [5.74, 6) is 0.115. The number of rotatable bonds is 5. The number of carbonyl (C=O) groups is 1. The molecule has 0 radical (unpaired) electrons. The Labute approximate surface area is 230 Å². The van der Waals surface area contributed by atoms with Crippen molar-refractivity contribution in [2.75, 3.05) is 11.9 Å². The van der Waals surface area contributed by atoms with E-state index < -0.39 is 27.8 Å². The minimum atomic E-state index is -4.07. The lowest BCUT2D eigenvalue weighted by Crippen LogP contribution is -2.53. The molecule has 0 aliphatic carbocycles. The molecule has 5 rings (SSSR count). The Hall–Kier alpha value is -2.95. The number of aliphatic hydroxyl groups excluding tert-OH is 1. The van der Waals surface area contributed by atoms with Gasteiger partial charge >= 0.3 is 0 Å². The molecule has 1 amide bonds. The normalized spacial score (nSPS) is 18.6. The quantitative estimate of drug-likeness (QED) is 0.321. The van der Waals surface area contributed by atoms with Crippen LogP contribution >= 0.6 is 22.9 Å². The lowest BCUT2D eigenvalue weighted by molar-refractivity contribution is -0.0603. The van der Waals surface area contributed by atoms with Crippen LogP contribution in [0.15, 0.2) is 70.9 Å². The van der Waals surface area contributed by atoms with Gasteiger partial charge in [0.05, 0.1) is 6.04 Å². The van der Waals surface area contributed by atoms with Crippen molar-refractivity contribution in [2.45, 2.75) is 42.7 Å². The third-order valence-electron chi connectivity index (χ3n) is 6.82. The summed E-state index contributed by atoms with van der Waals surface area (Å²) in [6, 6.07) is 18.2. The SMILES string of the molecule is Cc1c(S(=O)(=O)NC2c3cc(C(=O)N(C)c4ccccc4)ccc3OC(C)(C)C2O)sc2ccc(Cl)cc12. The van der Waals surface area contributed by atoms with Crippen LogP contribution in [-0.4, -0.2) is 38.2 Å². The molecule has 0 spiro atoms. The van der Waals surface area contributed by atoms with Crippen LogP contribution in [-0.2, 0) is 10.0 Å². The van der Waals surface area contributed by atoms with Crippen LogP contribution in [0.5, 0.6) is 5.75 Å². The topological polar surface area (TPSA) is 95.9 Å². The number of sulfonamides is 1. The van der Waals surface area contributed by atoms with Gasteiger partial charge in [0.25, 0.3) is 15.9 Å². The Morgan fingerprint density at radius 3 is 2.53 bits per heavy atom. The Morgan fingerprint density at radius 2 is 1.82 bits per heavy atom. The van der Waals surface area contributed by atoms with Gasteiger partial charge in [-0.1, -0.05) is 29.8 Å². The van der Waals surface area contributed by atoms with E-state index in [-0.39, 0.29) is 10.1 Å². The van der Waals surface area contributed by atoms with Crippen LogP contribution in [0, 0.1) is 6.92 Å². The molecule has 10 heteroatoms. The molecule has 198 valence electrons. The van der Waals surface area contributed by atoms with Gasteiger partial charge in [0.2, 0.25) is 0 Å². The van der Waals surface area contributed by atoms with Gasteiger partial charge < -0.3 is 14.7 Å². The first-order valence-electron chi connectivity index (χ1n) is 11.9. The summed E-state index contributed by atoms with van der Waals surface area (Å²) in [6.45, 7) is 5.12. The lowest BCUT2D eigenvalue weighted by Gasteiger charge is -2.42. The summed E-state index contributed by atoms with van der Waals surface area (Å²) < 4.78 is 37.1. The maximum atomic E-state index is 13.7. The molecule has 3 aromatic carbocycles. The number of hydrogen-bond acceptors (Lipinski definition) is 6. The first kappa shape index (κ1) is 26.6. The maximum absolute atomic E-state index is 13.7. The smallest absolute Gasteiger partial charge is 0.258 e. The molecule has 0 saturated carbocycles. The second kappa shape index (κ2) is 9.66. The fraction of sp³-hybridized carbons (Fsp3) is 0.250. The molecule has 0 fully saturated rings. The monoisotopic (exact) mass is 570 g/mol. The zero-order chi connectivity index (χ0) is 27.4.